The van der Waals surface area contributed by atoms with Crippen molar-refractivity contribution < 1.29 is 14.3 Å². The average molecular weight is 476 g/mol. The number of rotatable bonds is 2. The predicted octanol–water partition coefficient (Wildman–Crippen LogP) is 5.69. The van der Waals surface area contributed by atoms with Crippen LogP contribution < -0.4 is 9.47 Å². The number of aliphatic imine (C=N–C) groups is 1. The fraction of sp³-hybridized carbons (Fsp3) is 0.259. The third-order valence-corrected chi connectivity index (χ3v) is 6.61. The van der Waals surface area contributed by atoms with Gasteiger partial charge in [-0.05, 0) is 61.9 Å². The number of halogens is 1. The van der Waals surface area contributed by atoms with Crippen LogP contribution in [0.3, 0.4) is 0 Å². The number of amidine groups is 1. The van der Waals surface area contributed by atoms with Crippen molar-refractivity contribution >= 4 is 29.0 Å². The van der Waals surface area contributed by atoms with Crippen LogP contribution in [0.15, 0.2) is 65.7 Å². The van der Waals surface area contributed by atoms with E-state index >= 15 is 0 Å². The van der Waals surface area contributed by atoms with Crippen molar-refractivity contribution in [2.24, 2.45) is 4.99 Å². The molecule has 0 bridgehead atoms. The first-order valence-electron chi connectivity index (χ1n) is 11.3. The highest BCUT2D eigenvalue weighted by atomic mass is 35.5. The molecule has 0 spiro atoms. The number of benzene rings is 3. The number of carbonyl (C=O) groups excluding carboxylic acids is 1. The second-order valence-electron chi connectivity index (χ2n) is 8.64. The monoisotopic (exact) mass is 475 g/mol. The molecule has 0 N–H and O–H groups in total. The minimum atomic E-state index is -0.0493. The highest BCUT2D eigenvalue weighted by Crippen LogP contribution is 2.40. The Morgan fingerprint density at radius 3 is 2.68 bits per heavy atom. The van der Waals surface area contributed by atoms with Crippen LogP contribution in [0.1, 0.15) is 28.4 Å². The van der Waals surface area contributed by atoms with Crippen molar-refractivity contribution in [3.8, 4) is 17.2 Å². The fourth-order valence-corrected chi connectivity index (χ4v) is 4.69. The standard InChI is InChI=1S/C27H26ClN3O3/c1-17-8-10-23-25(14-17)34-24-11-9-19(33-3)15-21(24)26(29-23)30-12-13-31(18(2)16-30)27(32)20-6-4-5-7-22(20)28/h4-11,14-15,18H,12-13,16H2,1-3H3/t18-/m1/s1. The summed E-state index contributed by atoms with van der Waals surface area (Å²) in [6.07, 6.45) is 0. The van der Waals surface area contributed by atoms with Gasteiger partial charge in [-0.25, -0.2) is 4.99 Å². The second kappa shape index (κ2) is 9.03. The maximum atomic E-state index is 13.2. The summed E-state index contributed by atoms with van der Waals surface area (Å²) in [5.74, 6) is 2.95. The van der Waals surface area contributed by atoms with E-state index in [0.29, 0.717) is 30.2 Å². The van der Waals surface area contributed by atoms with Gasteiger partial charge in [-0.3, -0.25) is 4.79 Å². The number of fused-ring (bicyclic) bond motifs is 2. The highest BCUT2D eigenvalue weighted by Gasteiger charge is 2.32. The summed E-state index contributed by atoms with van der Waals surface area (Å²) >= 11 is 6.30. The maximum Gasteiger partial charge on any atom is 0.255 e. The van der Waals surface area contributed by atoms with E-state index in [1.54, 1.807) is 19.2 Å². The summed E-state index contributed by atoms with van der Waals surface area (Å²) in [6.45, 7) is 5.92. The van der Waals surface area contributed by atoms with Crippen LogP contribution in [0.25, 0.3) is 0 Å². The van der Waals surface area contributed by atoms with Crippen molar-refractivity contribution in [1.82, 2.24) is 9.80 Å². The lowest BCUT2D eigenvalue weighted by molar-refractivity contribution is 0.0581. The van der Waals surface area contributed by atoms with Gasteiger partial charge >= 0.3 is 0 Å². The zero-order chi connectivity index (χ0) is 23.8. The molecule has 3 aromatic carbocycles. The molecule has 0 aliphatic carbocycles. The first kappa shape index (κ1) is 22.3. The Kier molecular flexibility index (Phi) is 5.92. The van der Waals surface area contributed by atoms with Crippen LogP contribution in [-0.2, 0) is 0 Å². The molecule has 3 aromatic rings. The van der Waals surface area contributed by atoms with Gasteiger partial charge in [0, 0.05) is 25.7 Å². The molecule has 1 saturated heterocycles. The van der Waals surface area contributed by atoms with Crippen molar-refractivity contribution in [2.45, 2.75) is 19.9 Å². The van der Waals surface area contributed by atoms with Gasteiger partial charge in [-0.1, -0.05) is 29.8 Å². The average Bonchev–Trinajstić information content (AvgIpc) is 2.99. The van der Waals surface area contributed by atoms with Gasteiger partial charge in [0.25, 0.3) is 5.91 Å². The van der Waals surface area contributed by atoms with Gasteiger partial charge in [0.05, 0.1) is 23.3 Å². The van der Waals surface area contributed by atoms with E-state index < -0.39 is 0 Å². The van der Waals surface area contributed by atoms with E-state index in [1.165, 1.54) is 0 Å². The van der Waals surface area contributed by atoms with Gasteiger partial charge in [-0.2, -0.15) is 0 Å². The third kappa shape index (κ3) is 4.10. The molecule has 0 saturated carbocycles. The Hall–Kier alpha value is -3.51. The third-order valence-electron chi connectivity index (χ3n) is 6.28. The predicted molar refractivity (Wildman–Crippen MR) is 134 cm³/mol. The van der Waals surface area contributed by atoms with Gasteiger partial charge in [0.15, 0.2) is 5.75 Å². The molecule has 34 heavy (non-hydrogen) atoms. The summed E-state index contributed by atoms with van der Waals surface area (Å²) in [5, 5.41) is 0.473. The number of ether oxygens (including phenoxy) is 2. The molecule has 1 atom stereocenters. The maximum absolute atomic E-state index is 13.2. The Labute approximate surface area is 204 Å². The van der Waals surface area contributed by atoms with E-state index in [-0.39, 0.29) is 11.9 Å². The van der Waals surface area contributed by atoms with Crippen LogP contribution >= 0.6 is 11.6 Å². The smallest absolute Gasteiger partial charge is 0.255 e. The quantitative estimate of drug-likeness (QED) is 0.478. The number of amides is 1. The first-order valence-corrected chi connectivity index (χ1v) is 11.7. The normalized spacial score (nSPS) is 17.2. The lowest BCUT2D eigenvalue weighted by atomic mass is 10.1. The number of carbonyl (C=O) groups is 1. The van der Waals surface area contributed by atoms with Gasteiger partial charge in [-0.15, -0.1) is 0 Å². The SMILES string of the molecule is COc1ccc2c(c1)C(N1CCN(C(=O)c3ccccc3Cl)[C@H](C)C1)=Nc1ccc(C)cc1O2. The number of hydrogen-bond donors (Lipinski definition) is 0. The van der Waals surface area contributed by atoms with Crippen molar-refractivity contribution in [2.75, 3.05) is 26.7 Å². The second-order valence-corrected chi connectivity index (χ2v) is 9.05. The molecule has 7 heteroatoms. The molecule has 2 heterocycles. The fourth-order valence-electron chi connectivity index (χ4n) is 4.47. The molecule has 0 radical (unpaired) electrons. The van der Waals surface area contributed by atoms with E-state index in [1.807, 2.05) is 60.4 Å². The summed E-state index contributed by atoms with van der Waals surface area (Å²) in [4.78, 5) is 22.3. The summed E-state index contributed by atoms with van der Waals surface area (Å²) < 4.78 is 11.8. The van der Waals surface area contributed by atoms with Gasteiger partial charge < -0.3 is 19.3 Å². The summed E-state index contributed by atoms with van der Waals surface area (Å²) in [6, 6.07) is 18.9. The molecule has 2 aliphatic heterocycles. The zero-order valence-corrected chi connectivity index (χ0v) is 20.2. The van der Waals surface area contributed by atoms with Crippen LogP contribution in [0.2, 0.25) is 5.02 Å². The number of hydrogen-bond acceptors (Lipinski definition) is 5. The Balaban J connectivity index is 1.49. The van der Waals surface area contributed by atoms with E-state index in [4.69, 9.17) is 26.1 Å². The van der Waals surface area contributed by atoms with E-state index in [0.717, 1.165) is 39.9 Å². The van der Waals surface area contributed by atoms with E-state index in [2.05, 4.69) is 11.8 Å². The minimum absolute atomic E-state index is 0.0315. The van der Waals surface area contributed by atoms with E-state index in [9.17, 15) is 4.79 Å². The molecule has 0 aromatic heterocycles. The number of methoxy groups -OCH3 is 1. The molecular formula is C27H26ClN3O3. The van der Waals surface area contributed by atoms with Crippen LogP contribution in [0.5, 0.6) is 17.2 Å². The molecule has 174 valence electrons. The molecule has 5 rings (SSSR count). The Morgan fingerprint density at radius 2 is 1.91 bits per heavy atom. The van der Waals surface area contributed by atoms with Crippen LogP contribution in [-0.4, -0.2) is 54.3 Å². The van der Waals surface area contributed by atoms with Gasteiger partial charge in [0.2, 0.25) is 0 Å². The van der Waals surface area contributed by atoms with Crippen LogP contribution in [0, 0.1) is 6.92 Å². The first-order chi connectivity index (χ1) is 16.4. The van der Waals surface area contributed by atoms with Crippen molar-refractivity contribution in [1.29, 1.82) is 0 Å². The number of nitrogens with zero attached hydrogens (tertiary/aromatic N) is 3. The Morgan fingerprint density at radius 1 is 1.09 bits per heavy atom. The summed E-state index contributed by atoms with van der Waals surface area (Å²) in [7, 11) is 1.65. The van der Waals surface area contributed by atoms with Crippen molar-refractivity contribution in [3.63, 3.8) is 0 Å². The molecule has 1 fully saturated rings. The summed E-state index contributed by atoms with van der Waals surface area (Å²) in [5.41, 5.74) is 3.28. The van der Waals surface area contributed by atoms with Crippen LogP contribution in [0.4, 0.5) is 5.69 Å². The lowest BCUT2D eigenvalue weighted by Gasteiger charge is -2.41. The van der Waals surface area contributed by atoms with Crippen molar-refractivity contribution in [3.05, 3.63) is 82.4 Å². The number of piperazine rings is 1. The largest absolute Gasteiger partial charge is 0.497 e. The Bertz CT molecular complexity index is 1290. The zero-order valence-electron chi connectivity index (χ0n) is 19.4. The minimum Gasteiger partial charge on any atom is -0.497 e. The number of aryl methyl sites for hydroxylation is 1. The molecule has 0 unspecified atom stereocenters. The molecule has 1 amide bonds. The molecule has 2 aliphatic rings. The topological polar surface area (TPSA) is 54.4 Å². The molecule has 6 nitrogen and oxygen atoms in total. The lowest BCUT2D eigenvalue weighted by Crippen LogP contribution is -2.55. The van der Waals surface area contributed by atoms with Gasteiger partial charge in [0.1, 0.15) is 23.0 Å². The highest BCUT2D eigenvalue weighted by molar-refractivity contribution is 6.33. The molecular weight excluding hydrogens is 450 g/mol.